The number of hydrogen-bond donors (Lipinski definition) is 0. The lowest BCUT2D eigenvalue weighted by Gasteiger charge is -2.37. The Bertz CT molecular complexity index is 1180. The quantitative estimate of drug-likeness (QED) is 0.417. The Hall–Kier alpha value is -3.68. The first-order valence-electron chi connectivity index (χ1n) is 12.6. The molecule has 0 aliphatic carbocycles. The predicted octanol–water partition coefficient (Wildman–Crippen LogP) is 4.94. The summed E-state index contributed by atoms with van der Waals surface area (Å²) in [7, 11) is 0. The highest BCUT2D eigenvalue weighted by Crippen LogP contribution is 2.28. The van der Waals surface area contributed by atoms with Crippen LogP contribution in [0, 0.1) is 11.7 Å². The molecule has 7 nitrogen and oxygen atoms in total. The van der Waals surface area contributed by atoms with Crippen molar-refractivity contribution in [3.8, 4) is 16.9 Å². The molecule has 0 radical (unpaired) electrons. The van der Waals surface area contributed by atoms with Crippen molar-refractivity contribution in [2.75, 3.05) is 37.7 Å². The molecule has 4 rings (SSSR count). The van der Waals surface area contributed by atoms with Crippen LogP contribution in [0.4, 0.5) is 10.1 Å². The lowest BCUT2D eigenvalue weighted by Crippen LogP contribution is -2.50. The maximum Gasteiger partial charge on any atom is 0.358 e. The molecule has 1 aliphatic rings. The maximum atomic E-state index is 13.5. The number of carbonyl (C=O) groups is 2. The number of anilines is 1. The van der Waals surface area contributed by atoms with Crippen molar-refractivity contribution in [3.63, 3.8) is 0 Å². The molecule has 36 heavy (non-hydrogen) atoms. The molecular formula is C28H33FN4O3. The number of halogens is 1. The Morgan fingerprint density at radius 3 is 2.11 bits per heavy atom. The summed E-state index contributed by atoms with van der Waals surface area (Å²) >= 11 is 0. The molecule has 3 aromatic rings. The van der Waals surface area contributed by atoms with E-state index in [9.17, 15) is 14.0 Å². The monoisotopic (exact) mass is 492 g/mol. The number of hydrogen-bond acceptors (Lipinski definition) is 5. The number of ether oxygens (including phenoxy) is 1. The van der Waals surface area contributed by atoms with Crippen LogP contribution < -0.4 is 4.90 Å². The van der Waals surface area contributed by atoms with E-state index in [1.54, 1.807) is 29.8 Å². The van der Waals surface area contributed by atoms with Gasteiger partial charge in [-0.15, -0.1) is 0 Å². The number of benzene rings is 2. The van der Waals surface area contributed by atoms with Gasteiger partial charge in [0.2, 0.25) is 5.91 Å². The predicted molar refractivity (Wildman–Crippen MR) is 138 cm³/mol. The highest BCUT2D eigenvalue weighted by molar-refractivity contribution is 5.89. The molecule has 2 heterocycles. The van der Waals surface area contributed by atoms with Crippen LogP contribution in [0.2, 0.25) is 0 Å². The number of nitrogens with zero attached hydrogens (tertiary/aromatic N) is 4. The van der Waals surface area contributed by atoms with Crippen molar-refractivity contribution >= 4 is 17.6 Å². The van der Waals surface area contributed by atoms with Crippen molar-refractivity contribution in [3.05, 3.63) is 66.1 Å². The Morgan fingerprint density at radius 2 is 1.53 bits per heavy atom. The first kappa shape index (κ1) is 25.4. The smallest absolute Gasteiger partial charge is 0.358 e. The Labute approximate surface area is 211 Å². The molecule has 0 saturated carbocycles. The van der Waals surface area contributed by atoms with Crippen LogP contribution in [0.25, 0.3) is 16.9 Å². The fraction of sp³-hybridized carbons (Fsp3) is 0.393. The van der Waals surface area contributed by atoms with Crippen LogP contribution in [-0.2, 0) is 9.53 Å². The minimum atomic E-state index is -0.503. The van der Waals surface area contributed by atoms with E-state index in [1.165, 1.54) is 12.1 Å². The molecule has 0 spiro atoms. The number of aromatic nitrogens is 2. The van der Waals surface area contributed by atoms with Gasteiger partial charge in [0.15, 0.2) is 5.69 Å². The summed E-state index contributed by atoms with van der Waals surface area (Å²) in [6.45, 7) is 9.15. The summed E-state index contributed by atoms with van der Waals surface area (Å²) in [5.41, 5.74) is 3.49. The van der Waals surface area contributed by atoms with Crippen LogP contribution in [0.5, 0.6) is 0 Å². The van der Waals surface area contributed by atoms with Crippen molar-refractivity contribution in [2.24, 2.45) is 5.92 Å². The SMILES string of the molecule is CCOC(=O)c1cc(-c2ccc(N3CCN(C(=O)C(CC)CC)CC3)cc2)n(-c2ccc(F)cc2)n1. The summed E-state index contributed by atoms with van der Waals surface area (Å²) < 4.78 is 20.3. The van der Waals surface area contributed by atoms with Gasteiger partial charge >= 0.3 is 5.97 Å². The van der Waals surface area contributed by atoms with Gasteiger partial charge < -0.3 is 14.5 Å². The molecule has 2 aromatic carbocycles. The summed E-state index contributed by atoms with van der Waals surface area (Å²) in [6, 6.07) is 15.7. The molecule has 8 heteroatoms. The van der Waals surface area contributed by atoms with E-state index < -0.39 is 5.97 Å². The molecule has 1 amide bonds. The van der Waals surface area contributed by atoms with Gasteiger partial charge in [0.25, 0.3) is 0 Å². The van der Waals surface area contributed by atoms with Gasteiger partial charge in [-0.2, -0.15) is 5.10 Å². The van der Waals surface area contributed by atoms with E-state index in [2.05, 4.69) is 23.8 Å². The number of amides is 1. The van der Waals surface area contributed by atoms with Crippen molar-refractivity contribution in [1.82, 2.24) is 14.7 Å². The summed E-state index contributed by atoms with van der Waals surface area (Å²) in [5.74, 6) is -0.469. The van der Waals surface area contributed by atoms with Crippen molar-refractivity contribution in [2.45, 2.75) is 33.6 Å². The minimum Gasteiger partial charge on any atom is -0.461 e. The van der Waals surface area contributed by atoms with E-state index in [-0.39, 0.29) is 29.9 Å². The molecule has 0 N–H and O–H groups in total. The molecule has 1 saturated heterocycles. The second-order valence-corrected chi connectivity index (χ2v) is 8.90. The second-order valence-electron chi connectivity index (χ2n) is 8.90. The van der Waals surface area contributed by atoms with Crippen molar-refractivity contribution < 1.29 is 18.7 Å². The lowest BCUT2D eigenvalue weighted by atomic mass is 10.0. The second kappa shape index (κ2) is 11.4. The topological polar surface area (TPSA) is 67.7 Å². The number of carbonyl (C=O) groups excluding carboxylic acids is 2. The third-order valence-electron chi connectivity index (χ3n) is 6.72. The Kier molecular flexibility index (Phi) is 8.03. The largest absolute Gasteiger partial charge is 0.461 e. The zero-order valence-electron chi connectivity index (χ0n) is 21.1. The highest BCUT2D eigenvalue weighted by atomic mass is 19.1. The van der Waals surface area contributed by atoms with E-state index >= 15 is 0 Å². The molecule has 1 aromatic heterocycles. The van der Waals surface area contributed by atoms with Gasteiger partial charge in [-0.3, -0.25) is 4.79 Å². The zero-order chi connectivity index (χ0) is 25.7. The van der Waals surface area contributed by atoms with E-state index in [0.717, 1.165) is 50.3 Å². The molecule has 0 atom stereocenters. The maximum absolute atomic E-state index is 13.5. The van der Waals surface area contributed by atoms with Gasteiger partial charge in [0, 0.05) is 43.3 Å². The van der Waals surface area contributed by atoms with Crippen LogP contribution in [0.15, 0.2) is 54.6 Å². The zero-order valence-corrected chi connectivity index (χ0v) is 21.1. The minimum absolute atomic E-state index is 0.112. The third-order valence-corrected chi connectivity index (χ3v) is 6.72. The summed E-state index contributed by atoms with van der Waals surface area (Å²) in [6.07, 6.45) is 1.76. The van der Waals surface area contributed by atoms with Crippen LogP contribution in [0.1, 0.15) is 44.1 Å². The number of piperazine rings is 1. The van der Waals surface area contributed by atoms with E-state index in [0.29, 0.717) is 11.4 Å². The van der Waals surface area contributed by atoms with E-state index in [4.69, 9.17) is 4.74 Å². The Balaban J connectivity index is 1.54. The highest BCUT2D eigenvalue weighted by Gasteiger charge is 2.26. The van der Waals surface area contributed by atoms with Gasteiger partial charge in [-0.05, 0) is 62.2 Å². The molecule has 190 valence electrons. The number of rotatable bonds is 8. The van der Waals surface area contributed by atoms with Crippen molar-refractivity contribution in [1.29, 1.82) is 0 Å². The lowest BCUT2D eigenvalue weighted by molar-refractivity contribution is -0.136. The first-order chi connectivity index (χ1) is 17.4. The standard InChI is InChI=1S/C28H33FN4O3/c1-4-20(5-2)27(34)32-17-15-31(16-18-32)23-11-7-21(8-12-23)26-19-25(28(35)36-6-3)30-33(26)24-13-9-22(29)10-14-24/h7-14,19-20H,4-6,15-18H2,1-3H3. The average molecular weight is 493 g/mol. The fourth-order valence-corrected chi connectivity index (χ4v) is 4.59. The van der Waals surface area contributed by atoms with E-state index in [1.807, 2.05) is 29.2 Å². The van der Waals surface area contributed by atoms with Gasteiger partial charge in [-0.1, -0.05) is 26.0 Å². The first-order valence-corrected chi connectivity index (χ1v) is 12.6. The average Bonchev–Trinajstić information content (AvgIpc) is 3.36. The fourth-order valence-electron chi connectivity index (χ4n) is 4.59. The van der Waals surface area contributed by atoms with Gasteiger partial charge in [-0.25, -0.2) is 13.9 Å². The van der Waals surface area contributed by atoms with Crippen LogP contribution in [0.3, 0.4) is 0 Å². The summed E-state index contributed by atoms with van der Waals surface area (Å²) in [5, 5.41) is 4.44. The van der Waals surface area contributed by atoms with Crippen LogP contribution >= 0.6 is 0 Å². The summed E-state index contributed by atoms with van der Waals surface area (Å²) in [4.78, 5) is 29.3. The Morgan fingerprint density at radius 1 is 0.917 bits per heavy atom. The normalized spacial score (nSPS) is 13.8. The molecule has 0 unspecified atom stereocenters. The molecular weight excluding hydrogens is 459 g/mol. The third kappa shape index (κ3) is 5.42. The molecule has 1 aliphatic heterocycles. The van der Waals surface area contributed by atoms with Crippen LogP contribution in [-0.4, -0.2) is 59.3 Å². The van der Waals surface area contributed by atoms with Gasteiger partial charge in [0.05, 0.1) is 18.0 Å². The van der Waals surface area contributed by atoms with Gasteiger partial charge in [0.1, 0.15) is 5.82 Å². The molecule has 1 fully saturated rings. The number of esters is 1. The molecule has 0 bridgehead atoms.